The predicted octanol–water partition coefficient (Wildman–Crippen LogP) is 3.07. The van der Waals surface area contributed by atoms with E-state index in [-0.39, 0.29) is 5.02 Å². The number of thioether (sulfide) groups is 1. The molecule has 0 saturated carbocycles. The van der Waals surface area contributed by atoms with Crippen molar-refractivity contribution < 1.29 is 9.59 Å². The molecule has 8 heteroatoms. The molecule has 2 rings (SSSR count). The van der Waals surface area contributed by atoms with Gasteiger partial charge in [-0.2, -0.15) is 5.26 Å². The molecule has 0 aliphatic carbocycles. The van der Waals surface area contributed by atoms with Crippen LogP contribution in [0.15, 0.2) is 47.4 Å². The second-order valence-electron chi connectivity index (χ2n) is 4.36. The van der Waals surface area contributed by atoms with Gasteiger partial charge in [-0.3, -0.25) is 9.59 Å². The lowest BCUT2D eigenvalue weighted by Crippen LogP contribution is -2.29. The summed E-state index contributed by atoms with van der Waals surface area (Å²) < 4.78 is 0. The van der Waals surface area contributed by atoms with Crippen molar-refractivity contribution in [3.05, 3.63) is 47.5 Å². The fourth-order valence-electron chi connectivity index (χ4n) is 1.64. The van der Waals surface area contributed by atoms with Crippen LogP contribution in [0.25, 0.3) is 0 Å². The average Bonchev–Trinajstić information content (AvgIpc) is 2.53. The number of carbonyl (C=O) groups excluding carboxylic acids is 2. The van der Waals surface area contributed by atoms with E-state index in [0.29, 0.717) is 17.1 Å². The standard InChI is InChI=1S/C15H11ClN4O2S/c16-12-7-10(3-6-13(12)18)20-15(22)14(21)19-9-1-4-11(5-2-9)23-8-17/h1-7H,18H2,(H,19,21)(H,20,22). The van der Waals surface area contributed by atoms with Gasteiger partial charge in [-0.15, -0.1) is 0 Å². The van der Waals surface area contributed by atoms with Gasteiger partial charge in [-0.25, -0.2) is 0 Å². The highest BCUT2D eigenvalue weighted by atomic mass is 35.5. The Morgan fingerprint density at radius 1 is 1.04 bits per heavy atom. The van der Waals surface area contributed by atoms with Crippen LogP contribution in [0.1, 0.15) is 0 Å². The Kier molecular flexibility index (Phi) is 5.46. The number of anilines is 3. The van der Waals surface area contributed by atoms with Crippen molar-refractivity contribution >= 4 is 52.2 Å². The number of hydrogen-bond donors (Lipinski definition) is 3. The lowest BCUT2D eigenvalue weighted by atomic mass is 10.3. The summed E-state index contributed by atoms with van der Waals surface area (Å²) in [5.74, 6) is -1.65. The maximum absolute atomic E-state index is 11.8. The number of carbonyl (C=O) groups is 2. The molecule has 2 aromatic carbocycles. The lowest BCUT2D eigenvalue weighted by Gasteiger charge is -2.08. The molecule has 0 atom stereocenters. The van der Waals surface area contributed by atoms with E-state index < -0.39 is 11.8 Å². The van der Waals surface area contributed by atoms with Crippen molar-refractivity contribution in [3.8, 4) is 5.40 Å². The molecule has 23 heavy (non-hydrogen) atoms. The first-order valence-corrected chi connectivity index (χ1v) is 7.52. The molecule has 0 spiro atoms. The maximum atomic E-state index is 11.8. The van der Waals surface area contributed by atoms with Crippen molar-refractivity contribution in [2.45, 2.75) is 4.90 Å². The van der Waals surface area contributed by atoms with E-state index >= 15 is 0 Å². The van der Waals surface area contributed by atoms with E-state index in [9.17, 15) is 9.59 Å². The zero-order valence-electron chi connectivity index (χ0n) is 11.7. The molecule has 0 fully saturated rings. The van der Waals surface area contributed by atoms with Crippen molar-refractivity contribution in [2.24, 2.45) is 0 Å². The minimum atomic E-state index is -0.832. The number of nitrogen functional groups attached to an aromatic ring is 1. The maximum Gasteiger partial charge on any atom is 0.314 e. The van der Waals surface area contributed by atoms with Crippen LogP contribution >= 0.6 is 23.4 Å². The lowest BCUT2D eigenvalue weighted by molar-refractivity contribution is -0.132. The number of nitrogens with two attached hydrogens (primary N) is 1. The van der Waals surface area contributed by atoms with Crippen LogP contribution in [-0.4, -0.2) is 11.8 Å². The van der Waals surface area contributed by atoms with Gasteiger partial charge in [0.15, 0.2) is 0 Å². The molecular formula is C15H11ClN4O2S. The van der Waals surface area contributed by atoms with Gasteiger partial charge in [0.2, 0.25) is 0 Å². The van der Waals surface area contributed by atoms with E-state index in [0.717, 1.165) is 16.7 Å². The molecule has 6 nitrogen and oxygen atoms in total. The molecule has 0 radical (unpaired) electrons. The van der Waals surface area contributed by atoms with Gasteiger partial charge in [0.25, 0.3) is 0 Å². The quantitative estimate of drug-likeness (QED) is 0.342. The van der Waals surface area contributed by atoms with Crippen molar-refractivity contribution in [1.82, 2.24) is 0 Å². The molecule has 116 valence electrons. The number of hydrogen-bond acceptors (Lipinski definition) is 5. The smallest absolute Gasteiger partial charge is 0.314 e. The van der Waals surface area contributed by atoms with Crippen molar-refractivity contribution in [2.75, 3.05) is 16.4 Å². The third-order valence-corrected chi connectivity index (χ3v) is 3.67. The summed E-state index contributed by atoms with van der Waals surface area (Å²) in [6.45, 7) is 0. The number of nitrogens with one attached hydrogen (secondary N) is 2. The molecule has 0 saturated heterocycles. The first kappa shape index (κ1) is 16.7. The molecule has 0 aliphatic heterocycles. The third-order valence-electron chi connectivity index (χ3n) is 2.74. The Hall–Kier alpha value is -2.69. The third kappa shape index (κ3) is 4.64. The van der Waals surface area contributed by atoms with Crippen LogP contribution in [0.2, 0.25) is 5.02 Å². The van der Waals surface area contributed by atoms with Gasteiger partial charge in [-0.1, -0.05) is 11.6 Å². The van der Waals surface area contributed by atoms with Gasteiger partial charge in [-0.05, 0) is 54.2 Å². The first-order chi connectivity index (χ1) is 11.0. The van der Waals surface area contributed by atoms with Gasteiger partial charge < -0.3 is 16.4 Å². The number of rotatable bonds is 3. The van der Waals surface area contributed by atoms with E-state index in [1.807, 2.05) is 5.40 Å². The fraction of sp³-hybridized carbons (Fsp3) is 0. The Labute approximate surface area is 141 Å². The number of amides is 2. The monoisotopic (exact) mass is 346 g/mol. The number of nitriles is 1. The van der Waals surface area contributed by atoms with Gasteiger partial charge >= 0.3 is 11.8 Å². The summed E-state index contributed by atoms with van der Waals surface area (Å²) in [6.07, 6.45) is 0. The summed E-state index contributed by atoms with van der Waals surface area (Å²) in [5.41, 5.74) is 6.76. The first-order valence-electron chi connectivity index (χ1n) is 6.33. The average molecular weight is 347 g/mol. The summed E-state index contributed by atoms with van der Waals surface area (Å²) in [5, 5.41) is 15.7. The Morgan fingerprint density at radius 2 is 1.61 bits per heavy atom. The number of nitrogens with zero attached hydrogens (tertiary/aromatic N) is 1. The van der Waals surface area contributed by atoms with E-state index in [2.05, 4.69) is 10.6 Å². The molecule has 0 unspecified atom stereocenters. The molecule has 2 aromatic rings. The number of thiocyanates is 1. The highest BCUT2D eigenvalue weighted by molar-refractivity contribution is 8.03. The highest BCUT2D eigenvalue weighted by Crippen LogP contribution is 2.22. The summed E-state index contributed by atoms with van der Waals surface area (Å²) >= 11 is 6.85. The molecule has 2 amide bonds. The largest absolute Gasteiger partial charge is 0.398 e. The van der Waals surface area contributed by atoms with E-state index in [1.165, 1.54) is 12.1 Å². The van der Waals surface area contributed by atoms with Crippen LogP contribution < -0.4 is 16.4 Å². The van der Waals surface area contributed by atoms with Crippen LogP contribution in [0.3, 0.4) is 0 Å². The molecule has 4 N–H and O–H groups in total. The zero-order chi connectivity index (χ0) is 16.8. The summed E-state index contributed by atoms with van der Waals surface area (Å²) in [6, 6.07) is 11.1. The summed E-state index contributed by atoms with van der Waals surface area (Å²) in [7, 11) is 0. The van der Waals surface area contributed by atoms with Crippen molar-refractivity contribution in [3.63, 3.8) is 0 Å². The minimum absolute atomic E-state index is 0.286. The van der Waals surface area contributed by atoms with E-state index in [4.69, 9.17) is 22.6 Å². The molecular weight excluding hydrogens is 336 g/mol. The van der Waals surface area contributed by atoms with Crippen LogP contribution in [0.5, 0.6) is 0 Å². The SMILES string of the molecule is N#CSc1ccc(NC(=O)C(=O)Nc2ccc(N)c(Cl)c2)cc1. The topological polar surface area (TPSA) is 108 Å². The molecule has 0 bridgehead atoms. The normalized spacial score (nSPS) is 9.74. The molecule has 0 aromatic heterocycles. The summed E-state index contributed by atoms with van der Waals surface area (Å²) in [4.78, 5) is 24.4. The fourth-order valence-corrected chi connectivity index (χ4v) is 2.20. The Morgan fingerprint density at radius 3 is 2.17 bits per heavy atom. The predicted molar refractivity (Wildman–Crippen MR) is 91.0 cm³/mol. The molecule has 0 heterocycles. The van der Waals surface area contributed by atoms with Gasteiger partial charge in [0.05, 0.1) is 10.7 Å². The minimum Gasteiger partial charge on any atom is -0.398 e. The number of benzene rings is 2. The molecule has 0 aliphatic rings. The van der Waals surface area contributed by atoms with Crippen LogP contribution in [0.4, 0.5) is 17.1 Å². The second-order valence-corrected chi connectivity index (χ2v) is 5.63. The number of halogens is 1. The Balaban J connectivity index is 1.98. The van der Waals surface area contributed by atoms with Crippen LogP contribution in [0, 0.1) is 10.7 Å². The highest BCUT2D eigenvalue weighted by Gasteiger charge is 2.14. The van der Waals surface area contributed by atoms with Gasteiger partial charge in [0.1, 0.15) is 5.40 Å². The van der Waals surface area contributed by atoms with Crippen LogP contribution in [-0.2, 0) is 9.59 Å². The second kappa shape index (κ2) is 7.54. The Bertz CT molecular complexity index is 787. The van der Waals surface area contributed by atoms with Crippen molar-refractivity contribution in [1.29, 1.82) is 5.26 Å². The van der Waals surface area contributed by atoms with Gasteiger partial charge in [0, 0.05) is 16.3 Å². The zero-order valence-corrected chi connectivity index (χ0v) is 13.2. The van der Waals surface area contributed by atoms with E-state index in [1.54, 1.807) is 30.3 Å².